The summed E-state index contributed by atoms with van der Waals surface area (Å²) in [5, 5.41) is 12.4. The molecule has 2 rings (SSSR count). The number of hydrogen-bond donors (Lipinski definition) is 2. The molecule has 0 radical (unpaired) electrons. The first-order valence-electron chi connectivity index (χ1n) is 4.38. The lowest BCUT2D eigenvalue weighted by atomic mass is 9.95. The number of furan rings is 1. The third-order valence-corrected chi connectivity index (χ3v) is 2.96. The van der Waals surface area contributed by atoms with Crippen LogP contribution in [-0.2, 0) is 0 Å². The molecule has 1 aromatic rings. The maximum absolute atomic E-state index is 9.11. The van der Waals surface area contributed by atoms with E-state index in [4.69, 9.17) is 9.52 Å². The third kappa shape index (κ3) is 1.80. The minimum Gasteiger partial charge on any atom is -0.454 e. The summed E-state index contributed by atoms with van der Waals surface area (Å²) in [6.45, 7) is 1.99. The van der Waals surface area contributed by atoms with Gasteiger partial charge in [-0.1, -0.05) is 0 Å². The average Bonchev–Trinajstić information content (AvgIpc) is 2.71. The molecule has 0 aliphatic carbocycles. The van der Waals surface area contributed by atoms with Crippen LogP contribution >= 0.6 is 15.9 Å². The molecule has 0 aromatic carbocycles. The standard InChI is InChI=1S/C9H12BrNO2/c10-9-2-1-8(13-9)7-4-11-3-6(7)5-12/h1-2,6-7,11-12H,3-5H2. The van der Waals surface area contributed by atoms with Crippen LogP contribution in [0.2, 0.25) is 0 Å². The van der Waals surface area contributed by atoms with Gasteiger partial charge in [0, 0.05) is 31.5 Å². The van der Waals surface area contributed by atoms with Crippen LogP contribution in [0.3, 0.4) is 0 Å². The zero-order chi connectivity index (χ0) is 9.26. The molecule has 0 spiro atoms. The van der Waals surface area contributed by atoms with Gasteiger partial charge in [-0.3, -0.25) is 0 Å². The van der Waals surface area contributed by atoms with Crippen molar-refractivity contribution in [1.29, 1.82) is 0 Å². The average molecular weight is 246 g/mol. The first-order chi connectivity index (χ1) is 6.31. The van der Waals surface area contributed by atoms with Crippen molar-refractivity contribution in [3.05, 3.63) is 22.6 Å². The Bertz CT molecular complexity index is 287. The Hall–Kier alpha value is -0.320. The normalized spacial score (nSPS) is 28.2. The molecule has 2 heterocycles. The van der Waals surface area contributed by atoms with E-state index in [2.05, 4.69) is 21.2 Å². The topological polar surface area (TPSA) is 45.4 Å². The van der Waals surface area contributed by atoms with Crippen LogP contribution < -0.4 is 5.32 Å². The van der Waals surface area contributed by atoms with Gasteiger partial charge in [0.1, 0.15) is 5.76 Å². The van der Waals surface area contributed by atoms with Gasteiger partial charge in [0.2, 0.25) is 0 Å². The minimum atomic E-state index is 0.218. The molecular weight excluding hydrogens is 234 g/mol. The van der Waals surface area contributed by atoms with Crippen LogP contribution in [0.1, 0.15) is 11.7 Å². The molecule has 1 saturated heterocycles. The summed E-state index contributed by atoms with van der Waals surface area (Å²) in [4.78, 5) is 0. The van der Waals surface area contributed by atoms with Gasteiger partial charge in [0.25, 0.3) is 0 Å². The van der Waals surface area contributed by atoms with Crippen molar-refractivity contribution in [2.24, 2.45) is 5.92 Å². The number of rotatable bonds is 2. The molecular formula is C9H12BrNO2. The van der Waals surface area contributed by atoms with Crippen LogP contribution in [0.25, 0.3) is 0 Å². The van der Waals surface area contributed by atoms with Crippen LogP contribution in [-0.4, -0.2) is 24.8 Å². The Kier molecular flexibility index (Phi) is 2.71. The highest BCUT2D eigenvalue weighted by molar-refractivity contribution is 9.10. The van der Waals surface area contributed by atoms with E-state index in [9.17, 15) is 0 Å². The molecule has 1 aromatic heterocycles. The maximum atomic E-state index is 9.11. The predicted octanol–water partition coefficient (Wildman–Crippen LogP) is 1.34. The molecule has 1 aliphatic rings. The van der Waals surface area contributed by atoms with Crippen LogP contribution in [0, 0.1) is 5.92 Å². The minimum absolute atomic E-state index is 0.218. The highest BCUT2D eigenvalue weighted by Crippen LogP contribution is 2.30. The zero-order valence-electron chi connectivity index (χ0n) is 7.16. The number of aliphatic hydroxyl groups is 1. The Morgan fingerprint density at radius 1 is 1.54 bits per heavy atom. The first kappa shape index (κ1) is 9.24. The van der Waals surface area contributed by atoms with Crippen molar-refractivity contribution >= 4 is 15.9 Å². The lowest BCUT2D eigenvalue weighted by Gasteiger charge is -2.12. The van der Waals surface area contributed by atoms with E-state index in [1.165, 1.54) is 0 Å². The molecule has 13 heavy (non-hydrogen) atoms. The van der Waals surface area contributed by atoms with E-state index in [0.29, 0.717) is 5.92 Å². The molecule has 0 amide bonds. The lowest BCUT2D eigenvalue weighted by Crippen LogP contribution is -2.14. The molecule has 3 nitrogen and oxygen atoms in total. The van der Waals surface area contributed by atoms with E-state index < -0.39 is 0 Å². The molecule has 2 unspecified atom stereocenters. The summed E-state index contributed by atoms with van der Waals surface area (Å²) in [5.41, 5.74) is 0. The van der Waals surface area contributed by atoms with Crippen molar-refractivity contribution in [3.8, 4) is 0 Å². The fourth-order valence-electron chi connectivity index (χ4n) is 1.79. The Morgan fingerprint density at radius 2 is 2.38 bits per heavy atom. The molecule has 4 heteroatoms. The van der Waals surface area contributed by atoms with Crippen molar-refractivity contribution in [3.63, 3.8) is 0 Å². The molecule has 72 valence electrons. The summed E-state index contributed by atoms with van der Waals surface area (Å²) in [6.07, 6.45) is 0. The van der Waals surface area contributed by atoms with Gasteiger partial charge in [-0.2, -0.15) is 0 Å². The number of hydrogen-bond acceptors (Lipinski definition) is 3. The van der Waals surface area contributed by atoms with Gasteiger partial charge < -0.3 is 14.8 Å². The zero-order valence-corrected chi connectivity index (χ0v) is 8.75. The fraction of sp³-hybridized carbons (Fsp3) is 0.556. The monoisotopic (exact) mass is 245 g/mol. The fourth-order valence-corrected chi connectivity index (χ4v) is 2.10. The Balaban J connectivity index is 2.15. The van der Waals surface area contributed by atoms with Crippen molar-refractivity contribution in [2.75, 3.05) is 19.7 Å². The Morgan fingerprint density at radius 3 is 3.00 bits per heavy atom. The van der Waals surface area contributed by atoms with E-state index >= 15 is 0 Å². The second-order valence-electron chi connectivity index (χ2n) is 3.35. The van der Waals surface area contributed by atoms with Gasteiger partial charge in [-0.05, 0) is 28.1 Å². The van der Waals surface area contributed by atoms with E-state index in [1.807, 2.05) is 12.1 Å². The highest BCUT2D eigenvalue weighted by Gasteiger charge is 2.29. The highest BCUT2D eigenvalue weighted by atomic mass is 79.9. The van der Waals surface area contributed by atoms with E-state index in [1.54, 1.807) is 0 Å². The van der Waals surface area contributed by atoms with Gasteiger partial charge in [-0.15, -0.1) is 0 Å². The summed E-state index contributed by atoms with van der Waals surface area (Å²) in [6, 6.07) is 3.85. The molecule has 1 fully saturated rings. The summed E-state index contributed by atoms with van der Waals surface area (Å²) in [7, 11) is 0. The summed E-state index contributed by atoms with van der Waals surface area (Å²) in [5.74, 6) is 1.56. The van der Waals surface area contributed by atoms with Crippen LogP contribution in [0.15, 0.2) is 21.2 Å². The summed E-state index contributed by atoms with van der Waals surface area (Å²) >= 11 is 3.27. The molecule has 0 bridgehead atoms. The molecule has 2 atom stereocenters. The largest absolute Gasteiger partial charge is 0.454 e. The second-order valence-corrected chi connectivity index (χ2v) is 4.13. The second kappa shape index (κ2) is 3.82. The lowest BCUT2D eigenvalue weighted by molar-refractivity contribution is 0.218. The molecule has 1 aliphatic heterocycles. The number of aliphatic hydroxyl groups excluding tert-OH is 1. The molecule has 2 N–H and O–H groups in total. The van der Waals surface area contributed by atoms with Gasteiger partial charge >= 0.3 is 0 Å². The van der Waals surface area contributed by atoms with Crippen molar-refractivity contribution < 1.29 is 9.52 Å². The number of halogens is 1. The van der Waals surface area contributed by atoms with E-state index in [0.717, 1.165) is 23.5 Å². The SMILES string of the molecule is OCC1CNCC1c1ccc(Br)o1. The third-order valence-electron chi connectivity index (χ3n) is 2.53. The summed E-state index contributed by atoms with van der Waals surface area (Å²) < 4.78 is 6.22. The van der Waals surface area contributed by atoms with Gasteiger partial charge in [0.15, 0.2) is 4.67 Å². The van der Waals surface area contributed by atoms with Gasteiger partial charge in [-0.25, -0.2) is 0 Å². The predicted molar refractivity (Wildman–Crippen MR) is 52.6 cm³/mol. The van der Waals surface area contributed by atoms with E-state index in [-0.39, 0.29) is 12.5 Å². The van der Waals surface area contributed by atoms with Crippen molar-refractivity contribution in [2.45, 2.75) is 5.92 Å². The maximum Gasteiger partial charge on any atom is 0.169 e. The first-order valence-corrected chi connectivity index (χ1v) is 5.17. The number of nitrogens with one attached hydrogen (secondary N) is 1. The van der Waals surface area contributed by atoms with Gasteiger partial charge in [0.05, 0.1) is 0 Å². The van der Waals surface area contributed by atoms with Crippen molar-refractivity contribution in [1.82, 2.24) is 5.32 Å². The Labute approximate surface area is 85.3 Å². The van der Waals surface area contributed by atoms with Crippen LogP contribution in [0.5, 0.6) is 0 Å². The smallest absolute Gasteiger partial charge is 0.169 e. The van der Waals surface area contributed by atoms with Crippen LogP contribution in [0.4, 0.5) is 0 Å². The quantitative estimate of drug-likeness (QED) is 0.827. The molecule has 0 saturated carbocycles.